The number of nitrogens with zero attached hydrogens (tertiary/aromatic N) is 1. The van der Waals surface area contributed by atoms with Gasteiger partial charge in [0, 0.05) is 32.1 Å². The van der Waals surface area contributed by atoms with E-state index in [2.05, 4.69) is 10.2 Å². The molecule has 3 rings (SSSR count). The Morgan fingerprint density at radius 2 is 2.09 bits per heavy atom. The molecule has 0 amide bonds. The molecule has 0 aromatic heterocycles. The van der Waals surface area contributed by atoms with Crippen LogP contribution >= 0.6 is 0 Å². The van der Waals surface area contributed by atoms with E-state index in [-0.39, 0.29) is 5.92 Å². The minimum Gasteiger partial charge on any atom is -0.389 e. The van der Waals surface area contributed by atoms with Crippen LogP contribution in [0.2, 0.25) is 0 Å². The van der Waals surface area contributed by atoms with Crippen LogP contribution in [0.25, 0.3) is 0 Å². The van der Waals surface area contributed by atoms with Crippen LogP contribution in [0.5, 0.6) is 0 Å². The molecule has 3 nitrogen and oxygen atoms in total. The predicted octanol–water partition coefficient (Wildman–Crippen LogP) is 2.39. The molecule has 0 unspecified atom stereocenters. The topological polar surface area (TPSA) is 35.5 Å². The molecule has 1 aromatic rings. The summed E-state index contributed by atoms with van der Waals surface area (Å²) < 4.78 is 51.4. The summed E-state index contributed by atoms with van der Waals surface area (Å²) in [4.78, 5) is 2.06. The van der Waals surface area contributed by atoms with Crippen molar-refractivity contribution in [1.29, 1.82) is 0 Å². The van der Waals surface area contributed by atoms with Gasteiger partial charge in [-0.15, -0.1) is 0 Å². The molecular weight excluding hydrogens is 312 g/mol. The van der Waals surface area contributed by atoms with E-state index >= 15 is 0 Å². The molecule has 7 heteroatoms. The summed E-state index contributed by atoms with van der Waals surface area (Å²) in [5.74, 6) is -1.13. The second-order valence-electron chi connectivity index (χ2n) is 6.55. The van der Waals surface area contributed by atoms with Crippen molar-refractivity contribution in [3.63, 3.8) is 0 Å². The smallest absolute Gasteiger partial charge is 0.389 e. The van der Waals surface area contributed by atoms with Crippen molar-refractivity contribution >= 4 is 0 Å². The van der Waals surface area contributed by atoms with Crippen molar-refractivity contribution in [2.45, 2.75) is 31.2 Å². The summed E-state index contributed by atoms with van der Waals surface area (Å²) in [6.07, 6.45) is -3.30. The molecule has 0 bridgehead atoms. The maximum absolute atomic E-state index is 13.6. The average molecular weight is 332 g/mol. The number of fused-ring (bicyclic) bond motifs is 1. The molecule has 2 fully saturated rings. The Kier molecular flexibility index (Phi) is 4.37. The van der Waals surface area contributed by atoms with Gasteiger partial charge in [-0.25, -0.2) is 4.39 Å². The van der Waals surface area contributed by atoms with E-state index in [9.17, 15) is 22.7 Å². The lowest BCUT2D eigenvalue weighted by Gasteiger charge is -2.47. The largest absolute Gasteiger partial charge is 0.419 e. The molecule has 2 heterocycles. The molecular formula is C16H20F4N2O. The van der Waals surface area contributed by atoms with E-state index in [1.807, 2.05) is 0 Å². The number of piperidine rings is 2. The van der Waals surface area contributed by atoms with E-state index in [0.29, 0.717) is 31.6 Å². The Morgan fingerprint density at radius 1 is 1.30 bits per heavy atom. The molecule has 2 aliphatic heterocycles. The summed E-state index contributed by atoms with van der Waals surface area (Å²) in [5, 5.41) is 13.8. The number of rotatable bonds is 2. The molecule has 2 saturated heterocycles. The first-order valence-electron chi connectivity index (χ1n) is 7.79. The van der Waals surface area contributed by atoms with Crippen molar-refractivity contribution < 1.29 is 22.7 Å². The highest BCUT2D eigenvalue weighted by Crippen LogP contribution is 2.34. The minimum absolute atomic E-state index is 0.101. The van der Waals surface area contributed by atoms with Gasteiger partial charge in [-0.05, 0) is 37.1 Å². The van der Waals surface area contributed by atoms with Crippen LogP contribution in [0.1, 0.15) is 24.0 Å². The van der Waals surface area contributed by atoms with E-state index in [1.165, 1.54) is 6.07 Å². The highest BCUT2D eigenvalue weighted by molar-refractivity contribution is 5.26. The van der Waals surface area contributed by atoms with Gasteiger partial charge >= 0.3 is 6.18 Å². The molecule has 23 heavy (non-hydrogen) atoms. The van der Waals surface area contributed by atoms with Crippen LogP contribution < -0.4 is 5.32 Å². The number of aliphatic hydroxyl groups is 1. The third-order valence-corrected chi connectivity index (χ3v) is 4.97. The Labute approximate surface area is 132 Å². The highest BCUT2D eigenvalue weighted by atomic mass is 19.4. The van der Waals surface area contributed by atoms with Crippen LogP contribution in [0, 0.1) is 11.7 Å². The van der Waals surface area contributed by atoms with Crippen LogP contribution in [-0.2, 0) is 12.7 Å². The Bertz CT molecular complexity index is 578. The summed E-state index contributed by atoms with van der Waals surface area (Å²) in [6, 6.07) is 3.09. The highest BCUT2D eigenvalue weighted by Gasteiger charge is 2.42. The molecule has 0 aliphatic carbocycles. The third-order valence-electron chi connectivity index (χ3n) is 4.97. The fourth-order valence-corrected chi connectivity index (χ4v) is 3.58. The van der Waals surface area contributed by atoms with Crippen molar-refractivity contribution in [2.75, 3.05) is 26.2 Å². The zero-order valence-corrected chi connectivity index (χ0v) is 12.7. The van der Waals surface area contributed by atoms with Crippen molar-refractivity contribution in [3.8, 4) is 0 Å². The van der Waals surface area contributed by atoms with Crippen molar-refractivity contribution in [1.82, 2.24) is 10.2 Å². The van der Waals surface area contributed by atoms with Crippen LogP contribution in [0.15, 0.2) is 18.2 Å². The standard InChI is InChI=1S/C16H20F4N2O/c17-14-7-11(1-2-13(14)16(18,19)20)9-22-6-4-15(23)3-5-21-8-12(15)10-22/h1-2,7,12,21,23H,3-6,8-10H2/t12-,15-/m0/s1. The van der Waals surface area contributed by atoms with Crippen molar-refractivity contribution in [2.24, 2.45) is 5.92 Å². The van der Waals surface area contributed by atoms with Gasteiger partial charge in [0.05, 0.1) is 11.2 Å². The molecule has 2 atom stereocenters. The van der Waals surface area contributed by atoms with E-state index in [0.717, 1.165) is 31.6 Å². The zero-order chi connectivity index (χ0) is 16.7. The third kappa shape index (κ3) is 3.51. The number of benzene rings is 1. The lowest BCUT2D eigenvalue weighted by atomic mass is 9.76. The fourth-order valence-electron chi connectivity index (χ4n) is 3.58. The van der Waals surface area contributed by atoms with Gasteiger partial charge < -0.3 is 10.4 Å². The fraction of sp³-hybridized carbons (Fsp3) is 0.625. The first kappa shape index (κ1) is 16.7. The van der Waals surface area contributed by atoms with Gasteiger partial charge in [0.25, 0.3) is 0 Å². The van der Waals surface area contributed by atoms with Crippen molar-refractivity contribution in [3.05, 3.63) is 35.1 Å². The summed E-state index contributed by atoms with van der Waals surface area (Å²) >= 11 is 0. The second kappa shape index (κ2) is 6.03. The predicted molar refractivity (Wildman–Crippen MR) is 77.2 cm³/mol. The average Bonchev–Trinajstić information content (AvgIpc) is 2.46. The summed E-state index contributed by atoms with van der Waals surface area (Å²) in [5.41, 5.74) is -1.36. The number of halogens is 4. The maximum atomic E-state index is 13.6. The first-order chi connectivity index (χ1) is 10.8. The second-order valence-corrected chi connectivity index (χ2v) is 6.55. The number of alkyl halides is 3. The maximum Gasteiger partial charge on any atom is 0.419 e. The zero-order valence-electron chi connectivity index (χ0n) is 12.7. The van der Waals surface area contributed by atoms with E-state index < -0.39 is 23.2 Å². The Morgan fingerprint density at radius 3 is 2.78 bits per heavy atom. The minimum atomic E-state index is -4.67. The normalized spacial score (nSPS) is 29.3. The lowest BCUT2D eigenvalue weighted by Crippen LogP contribution is -2.58. The molecule has 0 radical (unpaired) electrons. The van der Waals surface area contributed by atoms with Gasteiger partial charge in [0.2, 0.25) is 0 Å². The van der Waals surface area contributed by atoms with Gasteiger partial charge in [-0.3, -0.25) is 4.90 Å². The molecule has 1 aromatic carbocycles. The number of likely N-dealkylation sites (tertiary alicyclic amines) is 1. The number of hydrogen-bond acceptors (Lipinski definition) is 3. The summed E-state index contributed by atoms with van der Waals surface area (Å²) in [6.45, 7) is 3.24. The number of hydrogen-bond donors (Lipinski definition) is 2. The van der Waals surface area contributed by atoms with Gasteiger partial charge in [0.15, 0.2) is 0 Å². The summed E-state index contributed by atoms with van der Waals surface area (Å²) in [7, 11) is 0. The molecule has 128 valence electrons. The monoisotopic (exact) mass is 332 g/mol. The van der Waals surface area contributed by atoms with Gasteiger partial charge in [0.1, 0.15) is 5.82 Å². The SMILES string of the molecule is O[C@]12CCNC[C@H]1CN(Cc1ccc(C(F)(F)F)c(F)c1)CC2. The Hall–Kier alpha value is -1.18. The van der Waals surface area contributed by atoms with Gasteiger partial charge in [-0.1, -0.05) is 6.07 Å². The molecule has 2 aliphatic rings. The van der Waals surface area contributed by atoms with E-state index in [1.54, 1.807) is 0 Å². The van der Waals surface area contributed by atoms with Crippen LogP contribution in [0.3, 0.4) is 0 Å². The van der Waals surface area contributed by atoms with Gasteiger partial charge in [-0.2, -0.15) is 13.2 Å². The molecule has 2 N–H and O–H groups in total. The van der Waals surface area contributed by atoms with Crippen LogP contribution in [-0.4, -0.2) is 41.8 Å². The van der Waals surface area contributed by atoms with E-state index in [4.69, 9.17) is 0 Å². The Balaban J connectivity index is 1.67. The number of nitrogens with one attached hydrogen (secondary N) is 1. The van der Waals surface area contributed by atoms with Crippen LogP contribution in [0.4, 0.5) is 17.6 Å². The molecule has 0 spiro atoms. The first-order valence-corrected chi connectivity index (χ1v) is 7.79. The molecule has 0 saturated carbocycles. The lowest BCUT2D eigenvalue weighted by molar-refractivity contribution is -0.140. The quantitative estimate of drug-likeness (QED) is 0.817.